The molecule has 31 heavy (non-hydrogen) atoms. The molecule has 8 heteroatoms. The fourth-order valence-electron chi connectivity index (χ4n) is 3.03. The molecule has 0 spiro atoms. The molecule has 1 amide bonds. The molecule has 164 valence electrons. The van der Waals surface area contributed by atoms with Crippen molar-refractivity contribution in [2.45, 2.75) is 37.8 Å². The Bertz CT molecular complexity index is 970. The summed E-state index contributed by atoms with van der Waals surface area (Å²) in [4.78, 5) is 12.5. The molecule has 0 aliphatic rings. The van der Waals surface area contributed by atoms with E-state index in [1.807, 2.05) is 59.2 Å². The molecule has 1 N–H and O–H groups in total. The minimum Gasteiger partial charge on any atom is -0.354 e. The molecule has 0 saturated carbocycles. The molecule has 2 aromatic carbocycles. The van der Waals surface area contributed by atoms with Gasteiger partial charge in [-0.25, -0.2) is 0 Å². The van der Waals surface area contributed by atoms with Crippen LogP contribution >= 0.6 is 11.8 Å². The number of hydrogen-bond acceptors (Lipinski definition) is 6. The molecular weight excluding hydrogens is 412 g/mol. The van der Waals surface area contributed by atoms with Gasteiger partial charge in [0, 0.05) is 25.5 Å². The fourth-order valence-corrected chi connectivity index (χ4v) is 3.78. The number of hydrogen-bond donors (Lipinski definition) is 1. The van der Waals surface area contributed by atoms with Gasteiger partial charge in [0.05, 0.1) is 12.3 Å². The average Bonchev–Trinajstić information content (AvgIpc) is 3.19. The number of amides is 1. The molecule has 1 heterocycles. The first-order valence-electron chi connectivity index (χ1n) is 10.1. The molecule has 0 unspecified atom stereocenters. The third-order valence-electron chi connectivity index (χ3n) is 4.80. The largest absolute Gasteiger partial charge is 0.354 e. The highest BCUT2D eigenvalue weighted by atomic mass is 32.2. The van der Waals surface area contributed by atoms with Gasteiger partial charge in [0.1, 0.15) is 0 Å². The Morgan fingerprint density at radius 2 is 1.71 bits per heavy atom. The first kappa shape index (κ1) is 23.0. The normalized spacial score (nSPS) is 11.3. The van der Waals surface area contributed by atoms with E-state index in [0.717, 1.165) is 11.3 Å². The van der Waals surface area contributed by atoms with Gasteiger partial charge >= 0.3 is 0 Å². The number of anilines is 1. The van der Waals surface area contributed by atoms with Crippen LogP contribution in [0.15, 0.2) is 59.8 Å². The summed E-state index contributed by atoms with van der Waals surface area (Å²) in [5.74, 6) is 1.26. The Kier molecular flexibility index (Phi) is 8.22. The van der Waals surface area contributed by atoms with Crippen molar-refractivity contribution in [3.05, 3.63) is 60.2 Å². The van der Waals surface area contributed by atoms with E-state index >= 15 is 0 Å². The summed E-state index contributed by atoms with van der Waals surface area (Å²) >= 11 is 1.33. The Balaban J connectivity index is 1.71. The second-order valence-corrected chi connectivity index (χ2v) is 8.24. The van der Waals surface area contributed by atoms with Crippen molar-refractivity contribution < 1.29 is 14.3 Å². The topological polar surface area (TPSA) is 78.3 Å². The zero-order valence-corrected chi connectivity index (χ0v) is 19.1. The second kappa shape index (κ2) is 11.1. The van der Waals surface area contributed by atoms with Crippen molar-refractivity contribution in [2.75, 3.05) is 25.3 Å². The molecule has 0 atom stereocenters. The van der Waals surface area contributed by atoms with E-state index in [9.17, 15) is 4.79 Å². The van der Waals surface area contributed by atoms with Crippen LogP contribution in [0.3, 0.4) is 0 Å². The highest BCUT2D eigenvalue weighted by molar-refractivity contribution is 7.99. The van der Waals surface area contributed by atoms with Gasteiger partial charge in [-0.05, 0) is 23.6 Å². The highest BCUT2D eigenvalue weighted by Crippen LogP contribution is 2.25. The number of aromatic nitrogens is 3. The quantitative estimate of drug-likeness (QED) is 0.371. The van der Waals surface area contributed by atoms with Crippen LogP contribution in [0.4, 0.5) is 5.69 Å². The number of ether oxygens (including phenoxy) is 2. The van der Waals surface area contributed by atoms with Crippen molar-refractivity contribution in [1.82, 2.24) is 14.8 Å². The Hall–Kier alpha value is -2.68. The van der Waals surface area contributed by atoms with Crippen LogP contribution in [0.1, 0.15) is 25.3 Å². The minimum absolute atomic E-state index is 0.104. The minimum atomic E-state index is -0.453. The average molecular weight is 441 g/mol. The van der Waals surface area contributed by atoms with Crippen molar-refractivity contribution in [3.8, 4) is 11.4 Å². The maximum Gasteiger partial charge on any atom is 0.234 e. The van der Waals surface area contributed by atoms with Gasteiger partial charge in [-0.2, -0.15) is 0 Å². The Morgan fingerprint density at radius 1 is 1.03 bits per heavy atom. The predicted octanol–water partition coefficient (Wildman–Crippen LogP) is 4.42. The van der Waals surface area contributed by atoms with Crippen LogP contribution in [0.25, 0.3) is 11.4 Å². The van der Waals surface area contributed by atoms with Gasteiger partial charge in [0.15, 0.2) is 17.3 Å². The summed E-state index contributed by atoms with van der Waals surface area (Å²) in [7, 11) is 3.18. The molecule has 3 aromatic rings. The molecular formula is C23H28N4O3S. The third kappa shape index (κ3) is 6.16. The van der Waals surface area contributed by atoms with Crippen LogP contribution < -0.4 is 5.32 Å². The number of nitrogens with one attached hydrogen (secondary N) is 1. The predicted molar refractivity (Wildman–Crippen MR) is 123 cm³/mol. The second-order valence-electron chi connectivity index (χ2n) is 7.30. The number of benzene rings is 2. The van der Waals surface area contributed by atoms with E-state index in [4.69, 9.17) is 9.47 Å². The van der Waals surface area contributed by atoms with Crippen molar-refractivity contribution in [1.29, 1.82) is 0 Å². The third-order valence-corrected chi connectivity index (χ3v) is 5.77. The van der Waals surface area contributed by atoms with Crippen LogP contribution in [-0.4, -0.2) is 46.9 Å². The molecule has 0 saturated heterocycles. The molecule has 0 aliphatic heterocycles. The maximum absolute atomic E-state index is 12.5. The molecule has 0 fully saturated rings. The van der Waals surface area contributed by atoms with Crippen LogP contribution in [-0.2, 0) is 20.8 Å². The van der Waals surface area contributed by atoms with Crippen molar-refractivity contribution >= 4 is 23.4 Å². The summed E-state index contributed by atoms with van der Waals surface area (Å²) in [5, 5.41) is 12.2. The van der Waals surface area contributed by atoms with E-state index in [1.165, 1.54) is 17.3 Å². The lowest BCUT2D eigenvalue weighted by molar-refractivity contribution is -0.113. The Labute approximate surface area is 187 Å². The SMILES string of the molecule is COC(Cn1c(SCC(=O)Nc2ccc(C(C)C)cc2)nnc1-c1ccccc1)OC. The van der Waals surface area contributed by atoms with Crippen LogP contribution in [0.2, 0.25) is 0 Å². The number of carbonyl (C=O) groups is 1. The molecule has 0 radical (unpaired) electrons. The first-order valence-corrected chi connectivity index (χ1v) is 11.1. The van der Waals surface area contributed by atoms with Crippen LogP contribution in [0, 0.1) is 0 Å². The maximum atomic E-state index is 12.5. The summed E-state index contributed by atoms with van der Waals surface area (Å²) in [5.41, 5.74) is 2.95. The molecule has 3 rings (SSSR count). The van der Waals surface area contributed by atoms with Gasteiger partial charge < -0.3 is 14.8 Å². The first-order chi connectivity index (χ1) is 15.0. The van der Waals surface area contributed by atoms with Crippen molar-refractivity contribution in [2.24, 2.45) is 0 Å². The summed E-state index contributed by atoms with van der Waals surface area (Å²) in [6.07, 6.45) is -0.453. The van der Waals surface area contributed by atoms with E-state index < -0.39 is 6.29 Å². The summed E-state index contributed by atoms with van der Waals surface area (Å²) in [6, 6.07) is 17.7. The van der Waals surface area contributed by atoms with Gasteiger partial charge in [0.2, 0.25) is 5.91 Å². The highest BCUT2D eigenvalue weighted by Gasteiger charge is 2.19. The summed E-state index contributed by atoms with van der Waals surface area (Å²) < 4.78 is 12.6. The van der Waals surface area contributed by atoms with Gasteiger partial charge in [-0.3, -0.25) is 9.36 Å². The zero-order valence-electron chi connectivity index (χ0n) is 18.2. The smallest absolute Gasteiger partial charge is 0.234 e. The number of rotatable bonds is 10. The zero-order chi connectivity index (χ0) is 22.2. The standard InChI is InChI=1S/C23H28N4O3S/c1-16(2)17-10-12-19(13-11-17)24-20(28)15-31-23-26-25-22(18-8-6-5-7-9-18)27(23)14-21(29-3)30-4/h5-13,16,21H,14-15H2,1-4H3,(H,24,28). The fraction of sp³-hybridized carbons (Fsp3) is 0.348. The number of methoxy groups -OCH3 is 2. The number of nitrogens with zero attached hydrogens (tertiary/aromatic N) is 3. The summed E-state index contributed by atoms with van der Waals surface area (Å²) in [6.45, 7) is 4.69. The van der Waals surface area contributed by atoms with Crippen molar-refractivity contribution in [3.63, 3.8) is 0 Å². The molecule has 1 aromatic heterocycles. The van der Waals surface area contributed by atoms with Gasteiger partial charge in [-0.1, -0.05) is 68.1 Å². The number of thioether (sulfide) groups is 1. The lowest BCUT2D eigenvalue weighted by atomic mass is 10.0. The van der Waals surface area contributed by atoms with E-state index in [0.29, 0.717) is 23.4 Å². The molecule has 0 aliphatic carbocycles. The van der Waals surface area contributed by atoms with E-state index in [-0.39, 0.29) is 11.7 Å². The van der Waals surface area contributed by atoms with Gasteiger partial charge in [0.25, 0.3) is 0 Å². The molecule has 7 nitrogen and oxygen atoms in total. The van der Waals surface area contributed by atoms with Gasteiger partial charge in [-0.15, -0.1) is 10.2 Å². The molecule has 0 bridgehead atoms. The van der Waals surface area contributed by atoms with Crippen LogP contribution in [0.5, 0.6) is 0 Å². The monoisotopic (exact) mass is 440 g/mol. The number of carbonyl (C=O) groups excluding carboxylic acids is 1. The Morgan fingerprint density at radius 3 is 2.32 bits per heavy atom. The lowest BCUT2D eigenvalue weighted by Gasteiger charge is -2.17. The lowest BCUT2D eigenvalue weighted by Crippen LogP contribution is -2.22. The van der Waals surface area contributed by atoms with E-state index in [1.54, 1.807) is 14.2 Å². The van der Waals surface area contributed by atoms with E-state index in [2.05, 4.69) is 29.4 Å².